The van der Waals surface area contributed by atoms with Crippen molar-refractivity contribution < 1.29 is 27.8 Å². The molecule has 2 aromatic carbocycles. The Bertz CT molecular complexity index is 919. The van der Waals surface area contributed by atoms with E-state index in [9.17, 15) is 18.4 Å². The van der Waals surface area contributed by atoms with Crippen molar-refractivity contribution >= 4 is 23.2 Å². The van der Waals surface area contributed by atoms with Crippen LogP contribution in [0.4, 0.5) is 20.2 Å². The van der Waals surface area contributed by atoms with Gasteiger partial charge >= 0.3 is 0 Å². The van der Waals surface area contributed by atoms with Crippen molar-refractivity contribution in [3.63, 3.8) is 0 Å². The Hall–Kier alpha value is -3.16. The molecular formula is C20H18F2N2O4. The lowest BCUT2D eigenvalue weighted by Crippen LogP contribution is -2.28. The molecule has 2 aliphatic heterocycles. The van der Waals surface area contributed by atoms with Crippen LogP contribution in [0, 0.1) is 5.92 Å². The number of carbonyl (C=O) groups is 2. The van der Waals surface area contributed by atoms with Crippen LogP contribution in [0.25, 0.3) is 0 Å². The SMILES string of the molecule is O=C(Nc1cccc(C(F)F)c1)C1CC(=O)N(c2ccc3c(c2)OCCO3)C1. The maximum atomic E-state index is 12.8. The summed E-state index contributed by atoms with van der Waals surface area (Å²) in [5.41, 5.74) is 0.746. The van der Waals surface area contributed by atoms with E-state index in [2.05, 4.69) is 5.32 Å². The molecule has 1 fully saturated rings. The van der Waals surface area contributed by atoms with Crippen LogP contribution in [-0.4, -0.2) is 31.6 Å². The number of benzene rings is 2. The molecule has 146 valence electrons. The minimum atomic E-state index is -2.62. The van der Waals surface area contributed by atoms with Gasteiger partial charge in [0, 0.05) is 36.0 Å². The first-order valence-corrected chi connectivity index (χ1v) is 8.90. The number of carbonyl (C=O) groups excluding carboxylic acids is 2. The number of amides is 2. The molecule has 0 aromatic heterocycles. The molecule has 28 heavy (non-hydrogen) atoms. The molecule has 2 amide bonds. The molecular weight excluding hydrogens is 370 g/mol. The molecule has 0 aliphatic carbocycles. The summed E-state index contributed by atoms with van der Waals surface area (Å²) < 4.78 is 36.6. The molecule has 0 spiro atoms. The minimum Gasteiger partial charge on any atom is -0.486 e. The van der Waals surface area contributed by atoms with Crippen LogP contribution < -0.4 is 19.7 Å². The second-order valence-electron chi connectivity index (χ2n) is 6.65. The van der Waals surface area contributed by atoms with Crippen molar-refractivity contribution in [3.8, 4) is 11.5 Å². The zero-order valence-corrected chi connectivity index (χ0v) is 14.9. The molecule has 1 atom stereocenters. The van der Waals surface area contributed by atoms with Crippen molar-refractivity contribution in [2.45, 2.75) is 12.8 Å². The number of ether oxygens (including phenoxy) is 2. The second-order valence-corrected chi connectivity index (χ2v) is 6.65. The number of hydrogen-bond donors (Lipinski definition) is 1. The number of nitrogens with zero attached hydrogens (tertiary/aromatic N) is 1. The average molecular weight is 388 g/mol. The van der Waals surface area contributed by atoms with Crippen LogP contribution >= 0.6 is 0 Å². The summed E-state index contributed by atoms with van der Waals surface area (Å²) in [6.07, 6.45) is -2.56. The molecule has 1 N–H and O–H groups in total. The fraction of sp³-hybridized carbons (Fsp3) is 0.300. The molecule has 4 rings (SSSR count). The maximum Gasteiger partial charge on any atom is 0.263 e. The molecule has 2 aliphatic rings. The highest BCUT2D eigenvalue weighted by molar-refractivity contribution is 6.03. The van der Waals surface area contributed by atoms with Crippen LogP contribution in [0.1, 0.15) is 18.4 Å². The van der Waals surface area contributed by atoms with E-state index in [0.29, 0.717) is 30.4 Å². The first kappa shape index (κ1) is 18.2. The fourth-order valence-corrected chi connectivity index (χ4v) is 3.33. The maximum absolute atomic E-state index is 12.8. The van der Waals surface area contributed by atoms with Gasteiger partial charge in [-0.3, -0.25) is 9.59 Å². The summed E-state index contributed by atoms with van der Waals surface area (Å²) in [5, 5.41) is 2.63. The number of hydrogen-bond acceptors (Lipinski definition) is 4. The molecule has 1 saturated heterocycles. The lowest BCUT2D eigenvalue weighted by Gasteiger charge is -2.22. The van der Waals surface area contributed by atoms with Crippen LogP contribution in [0.2, 0.25) is 0 Å². The van der Waals surface area contributed by atoms with E-state index >= 15 is 0 Å². The summed E-state index contributed by atoms with van der Waals surface area (Å²) in [7, 11) is 0. The fourth-order valence-electron chi connectivity index (χ4n) is 3.33. The van der Waals surface area contributed by atoms with Gasteiger partial charge in [0.15, 0.2) is 11.5 Å². The van der Waals surface area contributed by atoms with E-state index in [1.54, 1.807) is 24.3 Å². The van der Waals surface area contributed by atoms with Crippen molar-refractivity contribution in [2.24, 2.45) is 5.92 Å². The lowest BCUT2D eigenvalue weighted by atomic mass is 10.1. The van der Waals surface area contributed by atoms with Gasteiger partial charge in [-0.2, -0.15) is 0 Å². The average Bonchev–Trinajstić information content (AvgIpc) is 3.09. The molecule has 2 heterocycles. The third-order valence-electron chi connectivity index (χ3n) is 4.74. The van der Waals surface area contributed by atoms with E-state index in [4.69, 9.17) is 9.47 Å². The summed E-state index contributed by atoms with van der Waals surface area (Å²) in [6, 6.07) is 10.7. The Labute approximate surface area is 160 Å². The largest absolute Gasteiger partial charge is 0.486 e. The van der Waals surface area contributed by atoms with Gasteiger partial charge in [-0.1, -0.05) is 12.1 Å². The van der Waals surface area contributed by atoms with Gasteiger partial charge in [-0.05, 0) is 24.3 Å². The zero-order chi connectivity index (χ0) is 19.7. The van der Waals surface area contributed by atoms with E-state index in [0.717, 1.165) is 0 Å². The number of alkyl halides is 2. The van der Waals surface area contributed by atoms with Gasteiger partial charge in [0.25, 0.3) is 6.43 Å². The third kappa shape index (κ3) is 3.62. The standard InChI is InChI=1S/C20H18F2N2O4/c21-19(22)12-2-1-3-14(8-12)23-20(26)13-9-18(25)24(11-13)15-4-5-16-17(10-15)28-7-6-27-16/h1-5,8,10,13,19H,6-7,9,11H2,(H,23,26). The van der Waals surface area contributed by atoms with E-state index in [1.807, 2.05) is 0 Å². The summed E-state index contributed by atoms with van der Waals surface area (Å²) >= 11 is 0. The third-order valence-corrected chi connectivity index (χ3v) is 4.74. The quantitative estimate of drug-likeness (QED) is 0.872. The van der Waals surface area contributed by atoms with Gasteiger partial charge in [-0.25, -0.2) is 8.78 Å². The first-order chi connectivity index (χ1) is 13.5. The molecule has 0 bridgehead atoms. The molecule has 0 saturated carbocycles. The number of nitrogens with one attached hydrogen (secondary N) is 1. The Morgan fingerprint density at radius 1 is 1.11 bits per heavy atom. The smallest absolute Gasteiger partial charge is 0.263 e. The molecule has 0 radical (unpaired) electrons. The van der Waals surface area contributed by atoms with Gasteiger partial charge in [0.1, 0.15) is 13.2 Å². The minimum absolute atomic E-state index is 0.0504. The van der Waals surface area contributed by atoms with Gasteiger partial charge < -0.3 is 19.7 Å². The van der Waals surface area contributed by atoms with E-state index in [1.165, 1.54) is 23.1 Å². The summed E-state index contributed by atoms with van der Waals surface area (Å²) in [5.74, 6) is 0.0528. The number of rotatable bonds is 4. The van der Waals surface area contributed by atoms with Gasteiger partial charge in [0.2, 0.25) is 11.8 Å². The Morgan fingerprint density at radius 3 is 2.68 bits per heavy atom. The van der Waals surface area contributed by atoms with Crippen LogP contribution in [0.5, 0.6) is 11.5 Å². The summed E-state index contributed by atoms with van der Waals surface area (Å²) in [6.45, 7) is 1.12. The zero-order valence-electron chi connectivity index (χ0n) is 14.9. The highest BCUT2D eigenvalue weighted by atomic mass is 19.3. The molecule has 1 unspecified atom stereocenters. The lowest BCUT2D eigenvalue weighted by molar-refractivity contribution is -0.122. The van der Waals surface area contributed by atoms with E-state index in [-0.39, 0.29) is 36.0 Å². The summed E-state index contributed by atoms with van der Waals surface area (Å²) in [4.78, 5) is 26.5. The Kier molecular flexibility index (Phi) is 4.85. The van der Waals surface area contributed by atoms with Crippen molar-refractivity contribution in [2.75, 3.05) is 30.0 Å². The highest BCUT2D eigenvalue weighted by Gasteiger charge is 2.35. The van der Waals surface area contributed by atoms with Crippen LogP contribution in [0.3, 0.4) is 0 Å². The van der Waals surface area contributed by atoms with Crippen LogP contribution in [0.15, 0.2) is 42.5 Å². The molecule has 8 heteroatoms. The highest BCUT2D eigenvalue weighted by Crippen LogP contribution is 2.36. The number of anilines is 2. The molecule has 6 nitrogen and oxygen atoms in total. The Morgan fingerprint density at radius 2 is 1.89 bits per heavy atom. The van der Waals surface area contributed by atoms with Crippen molar-refractivity contribution in [1.82, 2.24) is 0 Å². The normalized spacial score (nSPS) is 18.5. The monoisotopic (exact) mass is 388 g/mol. The second kappa shape index (κ2) is 7.46. The van der Waals surface area contributed by atoms with Gasteiger partial charge in [0.05, 0.1) is 5.92 Å². The topological polar surface area (TPSA) is 67.9 Å². The van der Waals surface area contributed by atoms with Gasteiger partial charge in [-0.15, -0.1) is 0 Å². The van der Waals surface area contributed by atoms with Crippen molar-refractivity contribution in [1.29, 1.82) is 0 Å². The van der Waals surface area contributed by atoms with E-state index < -0.39 is 12.3 Å². The number of fused-ring (bicyclic) bond motifs is 1. The number of halogens is 2. The van der Waals surface area contributed by atoms with Crippen molar-refractivity contribution in [3.05, 3.63) is 48.0 Å². The Balaban J connectivity index is 1.46. The predicted octanol–water partition coefficient (Wildman–Crippen LogP) is 3.39. The predicted molar refractivity (Wildman–Crippen MR) is 97.9 cm³/mol. The van der Waals surface area contributed by atoms with Crippen LogP contribution in [-0.2, 0) is 9.59 Å². The first-order valence-electron chi connectivity index (χ1n) is 8.90. The molecule has 2 aromatic rings.